The third-order valence-electron chi connectivity index (χ3n) is 5.92. The average Bonchev–Trinajstić information content (AvgIpc) is 3.18. The molecular weight excluding hydrogens is 473 g/mol. The fourth-order valence-electron chi connectivity index (χ4n) is 4.26. The first kappa shape index (κ1) is 25.3. The number of alkyl carbamates (subject to hydrolysis) is 1. The maximum Gasteiger partial charge on any atom is 0.408 e. The Balaban J connectivity index is 1.73. The number of rotatable bonds is 4. The van der Waals surface area contributed by atoms with Crippen molar-refractivity contribution in [1.82, 2.24) is 19.9 Å². The number of carbonyl (C=O) groups is 1. The first-order chi connectivity index (χ1) is 17.0. The third-order valence-corrected chi connectivity index (χ3v) is 5.92. The van der Waals surface area contributed by atoms with Crippen LogP contribution in [0.15, 0.2) is 30.5 Å². The highest BCUT2D eigenvalue weighted by molar-refractivity contribution is 5.80. The molecule has 1 N–H and O–H groups in total. The molecule has 3 atom stereocenters. The summed E-state index contributed by atoms with van der Waals surface area (Å²) in [5, 5.41) is 2.58. The summed E-state index contributed by atoms with van der Waals surface area (Å²) in [7, 11) is 0. The van der Waals surface area contributed by atoms with Crippen molar-refractivity contribution in [3.63, 3.8) is 0 Å². The summed E-state index contributed by atoms with van der Waals surface area (Å²) in [5.41, 5.74) is 0.349. The van der Waals surface area contributed by atoms with E-state index in [1.807, 2.05) is 0 Å². The van der Waals surface area contributed by atoms with Crippen LogP contribution < -0.4 is 10.2 Å². The minimum absolute atomic E-state index is 0.0324. The van der Waals surface area contributed by atoms with Crippen LogP contribution in [-0.4, -0.2) is 51.5 Å². The Morgan fingerprint density at radius 3 is 2.69 bits per heavy atom. The quantitative estimate of drug-likeness (QED) is 0.492. The second kappa shape index (κ2) is 9.68. The van der Waals surface area contributed by atoms with Gasteiger partial charge in [-0.2, -0.15) is 0 Å². The van der Waals surface area contributed by atoms with Gasteiger partial charge in [0.25, 0.3) is 0 Å². The van der Waals surface area contributed by atoms with Crippen molar-refractivity contribution in [3.8, 4) is 0 Å². The molecule has 1 aliphatic heterocycles. The lowest BCUT2D eigenvalue weighted by molar-refractivity contribution is 0.0465. The van der Waals surface area contributed by atoms with Gasteiger partial charge in [-0.05, 0) is 40.2 Å². The van der Waals surface area contributed by atoms with Crippen molar-refractivity contribution in [3.05, 3.63) is 59.2 Å². The highest BCUT2D eigenvalue weighted by Crippen LogP contribution is 2.33. The Hall–Kier alpha value is -3.81. The molecule has 2 aromatic heterocycles. The van der Waals surface area contributed by atoms with Gasteiger partial charge in [0.2, 0.25) is 11.6 Å². The van der Waals surface area contributed by atoms with E-state index in [4.69, 9.17) is 11.3 Å². The van der Waals surface area contributed by atoms with E-state index in [-0.39, 0.29) is 30.5 Å². The number of benzene rings is 1. The molecule has 1 aliphatic rings. The van der Waals surface area contributed by atoms with Crippen molar-refractivity contribution in [2.75, 3.05) is 18.0 Å². The summed E-state index contributed by atoms with van der Waals surface area (Å²) in [4.78, 5) is 26.2. The van der Waals surface area contributed by atoms with E-state index in [1.165, 1.54) is 12.3 Å². The minimum Gasteiger partial charge on any atom is -0.444 e. The molecule has 8 nitrogen and oxygen atoms in total. The van der Waals surface area contributed by atoms with E-state index in [2.05, 4.69) is 20.1 Å². The van der Waals surface area contributed by atoms with Crippen LogP contribution in [0.5, 0.6) is 0 Å². The average molecular weight is 501 g/mol. The van der Waals surface area contributed by atoms with Crippen LogP contribution in [0, 0.1) is 18.2 Å². The number of piperidine rings is 1. The van der Waals surface area contributed by atoms with Gasteiger partial charge >= 0.3 is 6.09 Å². The molecule has 3 aromatic rings. The molecule has 0 radical (unpaired) electrons. The Morgan fingerprint density at radius 1 is 1.31 bits per heavy atom. The highest BCUT2D eigenvalue weighted by Gasteiger charge is 2.35. The molecule has 1 fully saturated rings. The van der Waals surface area contributed by atoms with E-state index in [1.54, 1.807) is 49.3 Å². The van der Waals surface area contributed by atoms with E-state index < -0.39 is 41.6 Å². The number of imidazole rings is 1. The number of alkyl halides is 1. The van der Waals surface area contributed by atoms with Crippen molar-refractivity contribution >= 4 is 28.8 Å². The van der Waals surface area contributed by atoms with E-state index in [9.17, 15) is 18.0 Å². The Labute approximate surface area is 206 Å². The number of amides is 1. The third kappa shape index (κ3) is 5.22. The number of nitrogens with one attached hydrogen (secondary N) is 1. The number of carbonyl (C=O) groups excluding carboxylic acids is 1. The van der Waals surface area contributed by atoms with Crippen molar-refractivity contribution in [2.24, 2.45) is 0 Å². The zero-order valence-electron chi connectivity index (χ0n) is 20.4. The van der Waals surface area contributed by atoms with Crippen LogP contribution in [0.4, 0.5) is 29.6 Å². The number of anilines is 1. The van der Waals surface area contributed by atoms with Crippen molar-refractivity contribution in [1.29, 1.82) is 0 Å². The molecule has 0 aliphatic carbocycles. The van der Waals surface area contributed by atoms with Gasteiger partial charge < -0.3 is 19.5 Å². The van der Waals surface area contributed by atoms with Crippen LogP contribution in [0.25, 0.3) is 15.9 Å². The first-order valence-corrected chi connectivity index (χ1v) is 11.6. The first-order valence-electron chi connectivity index (χ1n) is 11.6. The largest absolute Gasteiger partial charge is 0.444 e. The van der Waals surface area contributed by atoms with Gasteiger partial charge in [-0.3, -0.25) is 4.98 Å². The van der Waals surface area contributed by atoms with Crippen molar-refractivity contribution < 1.29 is 22.7 Å². The molecule has 3 heterocycles. The van der Waals surface area contributed by atoms with Gasteiger partial charge in [-0.15, -0.1) is 0 Å². The molecular formula is C25H27F3N6O2. The summed E-state index contributed by atoms with van der Waals surface area (Å²) >= 11 is 0. The molecule has 0 saturated carbocycles. The van der Waals surface area contributed by atoms with Crippen LogP contribution in [0.3, 0.4) is 0 Å². The normalized spacial score (nSPS) is 19.1. The summed E-state index contributed by atoms with van der Waals surface area (Å²) in [6.07, 6.45) is -0.543. The Kier molecular flexibility index (Phi) is 6.80. The highest BCUT2D eigenvalue weighted by atomic mass is 19.1. The van der Waals surface area contributed by atoms with Crippen LogP contribution >= 0.6 is 0 Å². The fraction of sp³-hybridized carbons (Fsp3) is 0.440. The van der Waals surface area contributed by atoms with Gasteiger partial charge in [0.05, 0.1) is 29.9 Å². The fourth-order valence-corrected chi connectivity index (χ4v) is 4.26. The van der Waals surface area contributed by atoms with Gasteiger partial charge in [0.15, 0.2) is 5.82 Å². The topological polar surface area (TPSA) is 76.6 Å². The SMILES string of the molecule is [C-]#[N+]c1ccc(C(C)n2c(N3CC[C@@H](F)[C@H](NC(=O)OC(C)(C)C)C3)nc3c(F)cc(F)cc32)nc1. The maximum atomic E-state index is 14.8. The zero-order chi connectivity index (χ0) is 26.2. The van der Waals surface area contributed by atoms with E-state index in [0.717, 1.165) is 6.07 Å². The Morgan fingerprint density at radius 2 is 2.06 bits per heavy atom. The number of fused-ring (bicyclic) bond motifs is 1. The second-order valence-electron chi connectivity index (χ2n) is 9.77. The molecule has 1 unspecified atom stereocenters. The molecule has 4 rings (SSSR count). The minimum atomic E-state index is -1.32. The molecule has 36 heavy (non-hydrogen) atoms. The molecule has 190 valence electrons. The lowest BCUT2D eigenvalue weighted by atomic mass is 10.0. The second-order valence-corrected chi connectivity index (χ2v) is 9.77. The summed E-state index contributed by atoms with van der Waals surface area (Å²) in [5.74, 6) is -1.29. The zero-order valence-corrected chi connectivity index (χ0v) is 20.4. The predicted molar refractivity (Wildman–Crippen MR) is 129 cm³/mol. The van der Waals surface area contributed by atoms with Gasteiger partial charge in [0, 0.05) is 31.4 Å². The number of ether oxygens (including phenoxy) is 1. The molecule has 0 spiro atoms. The lowest BCUT2D eigenvalue weighted by Crippen LogP contribution is -2.55. The summed E-state index contributed by atoms with van der Waals surface area (Å²) in [6.45, 7) is 14.4. The lowest BCUT2D eigenvalue weighted by Gasteiger charge is -2.37. The molecule has 11 heteroatoms. The van der Waals surface area contributed by atoms with Crippen LogP contribution in [0.2, 0.25) is 0 Å². The molecule has 1 aromatic carbocycles. The van der Waals surface area contributed by atoms with Gasteiger partial charge in [-0.1, -0.05) is 6.07 Å². The molecule has 1 saturated heterocycles. The number of nitrogens with zero attached hydrogens (tertiary/aromatic N) is 5. The molecule has 1 amide bonds. The molecule has 0 bridgehead atoms. The number of hydrogen-bond donors (Lipinski definition) is 1. The monoisotopic (exact) mass is 500 g/mol. The van der Waals surface area contributed by atoms with Gasteiger partial charge in [-0.25, -0.2) is 27.8 Å². The van der Waals surface area contributed by atoms with Crippen LogP contribution in [-0.2, 0) is 4.74 Å². The van der Waals surface area contributed by atoms with E-state index >= 15 is 0 Å². The maximum absolute atomic E-state index is 14.8. The number of hydrogen-bond acceptors (Lipinski definition) is 5. The smallest absolute Gasteiger partial charge is 0.408 e. The van der Waals surface area contributed by atoms with Crippen LogP contribution in [0.1, 0.15) is 45.9 Å². The Bertz CT molecular complexity index is 1310. The van der Waals surface area contributed by atoms with Gasteiger partial charge in [0.1, 0.15) is 23.1 Å². The predicted octanol–water partition coefficient (Wildman–Crippen LogP) is 5.31. The van der Waals surface area contributed by atoms with Crippen molar-refractivity contribution in [2.45, 2.75) is 58.0 Å². The standard InChI is InChI=1S/C25H27F3N6O2/c1-14(19-7-6-16(29-5)12-30-19)34-21-11-15(26)10-18(28)22(21)32-23(34)33-9-8-17(27)20(13-33)31-24(35)36-25(2,3)4/h6-7,10-12,14,17,20H,8-9,13H2,1-4H3,(H,31,35)/t14?,17-,20-/m1/s1. The number of halogens is 3. The number of aromatic nitrogens is 3. The number of pyridine rings is 1. The summed E-state index contributed by atoms with van der Waals surface area (Å²) < 4.78 is 50.6. The van der Waals surface area contributed by atoms with E-state index in [0.29, 0.717) is 17.3 Å². The summed E-state index contributed by atoms with van der Waals surface area (Å²) in [6, 6.07) is 3.82.